The van der Waals surface area contributed by atoms with Crippen LogP contribution in [0.25, 0.3) is 0 Å². The Morgan fingerprint density at radius 2 is 2.05 bits per heavy atom. The predicted octanol–water partition coefficient (Wildman–Crippen LogP) is 2.40. The Labute approximate surface area is 115 Å². The summed E-state index contributed by atoms with van der Waals surface area (Å²) in [5.74, 6) is -0.398. The number of hydrogen-bond acceptors (Lipinski definition) is 3. The number of rotatable bonds is 5. The fourth-order valence-corrected chi connectivity index (χ4v) is 1.63. The third-order valence-electron chi connectivity index (χ3n) is 2.67. The zero-order chi connectivity index (χ0) is 15.3. The van der Waals surface area contributed by atoms with E-state index in [4.69, 9.17) is 5.73 Å². The summed E-state index contributed by atoms with van der Waals surface area (Å²) >= 11 is 0. The molecule has 0 fully saturated rings. The highest BCUT2D eigenvalue weighted by Crippen LogP contribution is 2.20. The minimum absolute atomic E-state index is 0.122. The van der Waals surface area contributed by atoms with E-state index < -0.39 is 18.5 Å². The molecule has 1 amide bonds. The zero-order valence-electron chi connectivity index (χ0n) is 11.4. The Balaban J connectivity index is 2.47. The first-order chi connectivity index (χ1) is 9.17. The van der Waals surface area contributed by atoms with Crippen LogP contribution in [0.4, 0.5) is 24.5 Å². The summed E-state index contributed by atoms with van der Waals surface area (Å²) in [4.78, 5) is 13.0. The summed E-state index contributed by atoms with van der Waals surface area (Å²) in [6, 6.07) is 5.17. The van der Waals surface area contributed by atoms with Crippen molar-refractivity contribution in [3.8, 4) is 0 Å². The van der Waals surface area contributed by atoms with Crippen LogP contribution in [0.1, 0.15) is 12.0 Å². The van der Waals surface area contributed by atoms with Crippen LogP contribution >= 0.6 is 0 Å². The number of likely N-dealkylation sites (N-methyl/N-ethyl adjacent to an activating group) is 1. The van der Waals surface area contributed by atoms with Gasteiger partial charge >= 0.3 is 6.18 Å². The Morgan fingerprint density at radius 1 is 1.40 bits per heavy atom. The van der Waals surface area contributed by atoms with Gasteiger partial charge in [-0.15, -0.1) is 0 Å². The second kappa shape index (κ2) is 6.60. The second-order valence-corrected chi connectivity index (χ2v) is 4.74. The van der Waals surface area contributed by atoms with Gasteiger partial charge in [-0.2, -0.15) is 13.2 Å². The van der Waals surface area contributed by atoms with Crippen molar-refractivity contribution in [3.05, 3.63) is 23.8 Å². The summed E-state index contributed by atoms with van der Waals surface area (Å²) < 4.78 is 36.1. The number of nitrogens with zero attached hydrogens (tertiary/aromatic N) is 1. The zero-order valence-corrected chi connectivity index (χ0v) is 11.4. The third kappa shape index (κ3) is 5.92. The van der Waals surface area contributed by atoms with Crippen molar-refractivity contribution in [2.75, 3.05) is 31.2 Å². The van der Waals surface area contributed by atoms with E-state index in [9.17, 15) is 18.0 Å². The normalized spacial score (nSPS) is 11.7. The van der Waals surface area contributed by atoms with Crippen molar-refractivity contribution in [3.63, 3.8) is 0 Å². The van der Waals surface area contributed by atoms with Crippen molar-refractivity contribution in [1.29, 1.82) is 0 Å². The van der Waals surface area contributed by atoms with Gasteiger partial charge in [-0.25, -0.2) is 0 Å². The molecule has 0 aliphatic rings. The molecule has 3 N–H and O–H groups in total. The number of anilines is 2. The molecule has 0 bridgehead atoms. The minimum Gasteiger partial charge on any atom is -0.397 e. The lowest BCUT2D eigenvalue weighted by Crippen LogP contribution is -2.32. The van der Waals surface area contributed by atoms with Gasteiger partial charge in [0.15, 0.2) is 0 Å². The van der Waals surface area contributed by atoms with Crippen LogP contribution < -0.4 is 11.1 Å². The number of carbonyl (C=O) groups excluding carboxylic acids is 1. The molecule has 0 aliphatic heterocycles. The van der Waals surface area contributed by atoms with E-state index >= 15 is 0 Å². The van der Waals surface area contributed by atoms with Crippen LogP contribution in [0.3, 0.4) is 0 Å². The lowest BCUT2D eigenvalue weighted by Gasteiger charge is -2.17. The Bertz CT molecular complexity index is 474. The predicted molar refractivity (Wildman–Crippen MR) is 72.4 cm³/mol. The van der Waals surface area contributed by atoms with Crippen LogP contribution in [-0.2, 0) is 4.79 Å². The van der Waals surface area contributed by atoms with E-state index in [-0.39, 0.29) is 13.1 Å². The van der Waals surface area contributed by atoms with E-state index in [1.165, 1.54) is 11.9 Å². The highest BCUT2D eigenvalue weighted by Gasteiger charge is 2.27. The number of nitrogens with one attached hydrogen (secondary N) is 1. The van der Waals surface area contributed by atoms with E-state index in [2.05, 4.69) is 5.32 Å². The maximum absolute atomic E-state index is 12.0. The van der Waals surface area contributed by atoms with Gasteiger partial charge in [0.05, 0.1) is 24.3 Å². The summed E-state index contributed by atoms with van der Waals surface area (Å²) in [6.07, 6.45) is -5.16. The lowest BCUT2D eigenvalue weighted by atomic mass is 10.2. The minimum atomic E-state index is -4.22. The Hall–Kier alpha value is -1.76. The molecule has 0 saturated carbocycles. The van der Waals surface area contributed by atoms with Crippen LogP contribution in [-0.4, -0.2) is 37.1 Å². The van der Waals surface area contributed by atoms with E-state index in [0.29, 0.717) is 11.4 Å². The smallest absolute Gasteiger partial charge is 0.390 e. The molecule has 0 spiro atoms. The van der Waals surface area contributed by atoms with Gasteiger partial charge in [-0.05, 0) is 31.7 Å². The van der Waals surface area contributed by atoms with Crippen molar-refractivity contribution in [2.24, 2.45) is 0 Å². The molecule has 20 heavy (non-hydrogen) atoms. The number of aryl methyl sites for hydroxylation is 1. The summed E-state index contributed by atoms with van der Waals surface area (Å²) in [5, 5.41) is 2.58. The van der Waals surface area contributed by atoms with Gasteiger partial charge < -0.3 is 11.1 Å². The number of halogens is 3. The molecule has 112 valence electrons. The molecule has 0 unspecified atom stereocenters. The fourth-order valence-electron chi connectivity index (χ4n) is 1.63. The Morgan fingerprint density at radius 3 is 2.60 bits per heavy atom. The Kier molecular flexibility index (Phi) is 5.38. The van der Waals surface area contributed by atoms with E-state index in [1.807, 2.05) is 6.92 Å². The molecule has 1 rings (SSSR count). The average Bonchev–Trinajstić information content (AvgIpc) is 2.29. The topological polar surface area (TPSA) is 58.4 Å². The number of nitrogen functional groups attached to an aromatic ring is 1. The molecule has 0 saturated heterocycles. The molecule has 0 aromatic heterocycles. The highest BCUT2D eigenvalue weighted by molar-refractivity contribution is 5.95. The summed E-state index contributed by atoms with van der Waals surface area (Å²) in [6.45, 7) is 1.52. The first kappa shape index (κ1) is 16.3. The van der Waals surface area contributed by atoms with Gasteiger partial charge in [0, 0.05) is 6.54 Å². The molecular weight excluding hydrogens is 271 g/mol. The van der Waals surface area contributed by atoms with Crippen LogP contribution in [0, 0.1) is 6.92 Å². The first-order valence-corrected chi connectivity index (χ1v) is 6.08. The van der Waals surface area contributed by atoms with Crippen molar-refractivity contribution >= 4 is 17.3 Å². The number of nitrogens with two attached hydrogens (primary N) is 1. The average molecular weight is 289 g/mol. The number of amides is 1. The van der Waals surface area contributed by atoms with Crippen molar-refractivity contribution in [2.45, 2.75) is 19.5 Å². The third-order valence-corrected chi connectivity index (χ3v) is 2.67. The summed E-state index contributed by atoms with van der Waals surface area (Å²) in [7, 11) is 1.46. The summed E-state index contributed by atoms with van der Waals surface area (Å²) in [5.41, 5.74) is 7.59. The highest BCUT2D eigenvalue weighted by atomic mass is 19.4. The molecule has 0 heterocycles. The molecule has 1 aromatic carbocycles. The van der Waals surface area contributed by atoms with Gasteiger partial charge in [0.1, 0.15) is 0 Å². The largest absolute Gasteiger partial charge is 0.397 e. The van der Waals surface area contributed by atoms with Gasteiger partial charge in [0.2, 0.25) is 5.91 Å². The lowest BCUT2D eigenvalue weighted by molar-refractivity contribution is -0.138. The second-order valence-electron chi connectivity index (χ2n) is 4.74. The molecule has 0 radical (unpaired) electrons. The van der Waals surface area contributed by atoms with Crippen LogP contribution in [0.5, 0.6) is 0 Å². The van der Waals surface area contributed by atoms with Gasteiger partial charge in [0.25, 0.3) is 0 Å². The van der Waals surface area contributed by atoms with Gasteiger partial charge in [-0.1, -0.05) is 6.07 Å². The van der Waals surface area contributed by atoms with Crippen molar-refractivity contribution < 1.29 is 18.0 Å². The number of alkyl halides is 3. The number of benzene rings is 1. The molecule has 0 aliphatic carbocycles. The monoisotopic (exact) mass is 289 g/mol. The van der Waals surface area contributed by atoms with Gasteiger partial charge in [-0.3, -0.25) is 9.69 Å². The number of hydrogen-bond donors (Lipinski definition) is 2. The quantitative estimate of drug-likeness (QED) is 0.818. The van der Waals surface area contributed by atoms with Crippen molar-refractivity contribution in [1.82, 2.24) is 4.90 Å². The molecular formula is C13H18F3N3O. The maximum atomic E-state index is 12.0. The molecule has 7 heteroatoms. The van der Waals surface area contributed by atoms with E-state index in [0.717, 1.165) is 5.56 Å². The standard InChI is InChI=1S/C13H18F3N3O/c1-9-3-4-11(10(17)7-9)18-12(20)8-19(2)6-5-13(14,15)16/h3-4,7H,5-6,8,17H2,1-2H3,(H,18,20). The molecule has 0 atom stereocenters. The van der Waals surface area contributed by atoms with Crippen LogP contribution in [0.2, 0.25) is 0 Å². The first-order valence-electron chi connectivity index (χ1n) is 6.08. The molecule has 4 nitrogen and oxygen atoms in total. The number of carbonyl (C=O) groups is 1. The molecule has 1 aromatic rings. The fraction of sp³-hybridized carbons (Fsp3) is 0.462. The SMILES string of the molecule is Cc1ccc(NC(=O)CN(C)CCC(F)(F)F)c(N)c1. The van der Waals surface area contributed by atoms with E-state index in [1.54, 1.807) is 18.2 Å². The van der Waals surface area contributed by atoms with Crippen LogP contribution in [0.15, 0.2) is 18.2 Å². The maximum Gasteiger partial charge on any atom is 0.390 e.